The number of imidazole rings is 1. The van der Waals surface area contributed by atoms with Gasteiger partial charge in [-0.3, -0.25) is 9.88 Å². The molecule has 23 heavy (non-hydrogen) atoms. The average molecular weight is 322 g/mol. The molecule has 2 aliphatic rings. The van der Waals surface area contributed by atoms with Gasteiger partial charge in [-0.15, -0.1) is 11.3 Å². The Morgan fingerprint density at radius 1 is 1.13 bits per heavy atom. The van der Waals surface area contributed by atoms with Crippen LogP contribution in [0.5, 0.6) is 0 Å². The molecular formula is C18H18N4S. The zero-order valence-electron chi connectivity index (χ0n) is 12.8. The van der Waals surface area contributed by atoms with Crippen LogP contribution in [0.3, 0.4) is 0 Å². The molecular weight excluding hydrogens is 304 g/mol. The summed E-state index contributed by atoms with van der Waals surface area (Å²) >= 11 is 1.86. The minimum Gasteiger partial charge on any atom is -0.327 e. The molecule has 0 saturated carbocycles. The lowest BCUT2D eigenvalue weighted by Gasteiger charge is -2.16. The van der Waals surface area contributed by atoms with Gasteiger partial charge in [0.2, 0.25) is 0 Å². The molecule has 0 bridgehead atoms. The molecule has 0 aliphatic carbocycles. The Hall–Kier alpha value is -1.98. The highest BCUT2D eigenvalue weighted by molar-refractivity contribution is 7.09. The van der Waals surface area contributed by atoms with Crippen LogP contribution in [0.15, 0.2) is 48.2 Å². The maximum Gasteiger partial charge on any atom is 0.113 e. The third-order valence-electron chi connectivity index (χ3n) is 5.09. The van der Waals surface area contributed by atoms with E-state index < -0.39 is 0 Å². The fourth-order valence-electron chi connectivity index (χ4n) is 4.06. The summed E-state index contributed by atoms with van der Waals surface area (Å²) in [5.74, 6) is 2.57. The van der Waals surface area contributed by atoms with E-state index in [1.165, 1.54) is 28.5 Å². The van der Waals surface area contributed by atoms with E-state index >= 15 is 0 Å². The van der Waals surface area contributed by atoms with Crippen LogP contribution in [0.4, 0.5) is 0 Å². The highest BCUT2D eigenvalue weighted by Crippen LogP contribution is 2.41. The molecule has 3 aromatic heterocycles. The fraction of sp³-hybridized carbons (Fsp3) is 0.333. The van der Waals surface area contributed by atoms with Crippen molar-refractivity contribution in [1.82, 2.24) is 19.4 Å². The molecule has 0 N–H and O–H groups in total. The first kappa shape index (κ1) is 13.5. The van der Waals surface area contributed by atoms with E-state index in [2.05, 4.69) is 44.1 Å². The van der Waals surface area contributed by atoms with Gasteiger partial charge < -0.3 is 4.57 Å². The van der Waals surface area contributed by atoms with Gasteiger partial charge in [0, 0.05) is 60.8 Å². The number of likely N-dealkylation sites (tertiary alicyclic amines) is 1. The van der Waals surface area contributed by atoms with Crippen molar-refractivity contribution in [2.45, 2.75) is 19.0 Å². The summed E-state index contributed by atoms with van der Waals surface area (Å²) in [4.78, 5) is 12.9. The zero-order chi connectivity index (χ0) is 15.2. The predicted molar refractivity (Wildman–Crippen MR) is 91.3 cm³/mol. The van der Waals surface area contributed by atoms with Gasteiger partial charge in [-0.25, -0.2) is 4.98 Å². The van der Waals surface area contributed by atoms with Crippen molar-refractivity contribution < 1.29 is 0 Å². The van der Waals surface area contributed by atoms with E-state index in [-0.39, 0.29) is 0 Å². The molecule has 5 heteroatoms. The fourth-order valence-corrected chi connectivity index (χ4v) is 4.80. The summed E-state index contributed by atoms with van der Waals surface area (Å²) in [5, 5.41) is 2.17. The standard InChI is InChI=1S/C18H18N4S/c1-2-15(23-7-1)11-21-9-14-10-22-17(13-3-5-19-6-4-13)8-20-18(22)16(14)12-21/h1-8,14,16H,9-12H2/t14-,16-/m1/s1. The third-order valence-corrected chi connectivity index (χ3v) is 5.95. The molecule has 0 aromatic carbocycles. The third kappa shape index (κ3) is 2.23. The Morgan fingerprint density at radius 3 is 2.87 bits per heavy atom. The molecule has 0 amide bonds. The maximum absolute atomic E-state index is 4.77. The lowest BCUT2D eigenvalue weighted by molar-refractivity contribution is 0.309. The Balaban J connectivity index is 1.39. The van der Waals surface area contributed by atoms with Crippen LogP contribution in [-0.2, 0) is 13.1 Å². The second-order valence-electron chi connectivity index (χ2n) is 6.49. The number of rotatable bonds is 3. The summed E-state index contributed by atoms with van der Waals surface area (Å²) < 4.78 is 2.42. The number of aromatic nitrogens is 3. The van der Waals surface area contributed by atoms with Gasteiger partial charge in [0.25, 0.3) is 0 Å². The SMILES string of the molecule is c1csc(CN2C[C@@H]3Cn4c(-c5ccncc5)cnc4[C@@H]3C2)c1. The van der Waals surface area contributed by atoms with E-state index in [0.717, 1.165) is 19.6 Å². The average Bonchev–Trinajstić information content (AvgIpc) is 3.31. The van der Waals surface area contributed by atoms with Crippen LogP contribution in [-0.4, -0.2) is 32.5 Å². The van der Waals surface area contributed by atoms with E-state index in [1.54, 1.807) is 0 Å². The number of thiophene rings is 1. The van der Waals surface area contributed by atoms with Crippen LogP contribution in [0, 0.1) is 5.92 Å². The summed E-state index contributed by atoms with van der Waals surface area (Å²) in [5.41, 5.74) is 2.45. The highest BCUT2D eigenvalue weighted by atomic mass is 32.1. The Kier molecular flexibility index (Phi) is 3.09. The lowest BCUT2D eigenvalue weighted by Crippen LogP contribution is -2.21. The number of hydrogen-bond acceptors (Lipinski definition) is 4. The van der Waals surface area contributed by atoms with Gasteiger partial charge in [-0.1, -0.05) is 6.07 Å². The largest absolute Gasteiger partial charge is 0.327 e. The van der Waals surface area contributed by atoms with E-state index in [4.69, 9.17) is 4.98 Å². The van der Waals surface area contributed by atoms with Crippen molar-refractivity contribution in [1.29, 1.82) is 0 Å². The van der Waals surface area contributed by atoms with Gasteiger partial charge >= 0.3 is 0 Å². The predicted octanol–water partition coefficient (Wildman–Crippen LogP) is 3.24. The van der Waals surface area contributed by atoms with Crippen molar-refractivity contribution in [3.63, 3.8) is 0 Å². The summed E-state index contributed by atoms with van der Waals surface area (Å²) in [6.45, 7) is 4.50. The molecule has 2 aliphatic heterocycles. The highest BCUT2D eigenvalue weighted by Gasteiger charge is 2.42. The lowest BCUT2D eigenvalue weighted by atomic mass is 9.99. The van der Waals surface area contributed by atoms with Crippen molar-refractivity contribution in [2.24, 2.45) is 5.92 Å². The molecule has 0 spiro atoms. The van der Waals surface area contributed by atoms with Gasteiger partial charge in [0.1, 0.15) is 5.82 Å². The topological polar surface area (TPSA) is 34.0 Å². The molecule has 3 aromatic rings. The molecule has 4 nitrogen and oxygen atoms in total. The summed E-state index contributed by atoms with van der Waals surface area (Å²) in [7, 11) is 0. The van der Waals surface area contributed by atoms with Crippen molar-refractivity contribution in [2.75, 3.05) is 13.1 Å². The van der Waals surface area contributed by atoms with Gasteiger partial charge in [0.15, 0.2) is 0 Å². The monoisotopic (exact) mass is 322 g/mol. The number of nitrogens with zero attached hydrogens (tertiary/aromatic N) is 4. The van der Waals surface area contributed by atoms with E-state index in [0.29, 0.717) is 11.8 Å². The second kappa shape index (κ2) is 5.28. The summed E-state index contributed by atoms with van der Waals surface area (Å²) in [6.07, 6.45) is 5.74. The Labute approximate surface area is 139 Å². The molecule has 116 valence electrons. The normalized spacial score (nSPS) is 23.1. The van der Waals surface area contributed by atoms with Crippen LogP contribution >= 0.6 is 11.3 Å². The molecule has 0 unspecified atom stereocenters. The minimum absolute atomic E-state index is 0.588. The van der Waals surface area contributed by atoms with Gasteiger partial charge in [0.05, 0.1) is 11.9 Å². The molecule has 0 radical (unpaired) electrons. The Bertz CT molecular complexity index is 809. The van der Waals surface area contributed by atoms with Crippen molar-refractivity contribution in [3.05, 3.63) is 58.9 Å². The van der Waals surface area contributed by atoms with Crippen LogP contribution in [0.1, 0.15) is 16.6 Å². The number of pyridine rings is 1. The molecule has 5 heterocycles. The molecule has 5 rings (SSSR count). The summed E-state index contributed by atoms with van der Waals surface area (Å²) in [6, 6.07) is 8.52. The van der Waals surface area contributed by atoms with Crippen molar-refractivity contribution >= 4 is 11.3 Å². The van der Waals surface area contributed by atoms with Crippen molar-refractivity contribution in [3.8, 4) is 11.3 Å². The van der Waals surface area contributed by atoms with Gasteiger partial charge in [-0.05, 0) is 23.6 Å². The first-order valence-electron chi connectivity index (χ1n) is 8.09. The molecule has 1 saturated heterocycles. The first-order valence-corrected chi connectivity index (χ1v) is 8.97. The quantitative estimate of drug-likeness (QED) is 0.742. The first-order chi connectivity index (χ1) is 11.4. The molecule has 1 fully saturated rings. The van der Waals surface area contributed by atoms with E-state index in [1.807, 2.05) is 29.9 Å². The van der Waals surface area contributed by atoms with Crippen LogP contribution in [0.2, 0.25) is 0 Å². The van der Waals surface area contributed by atoms with Crippen LogP contribution in [0.25, 0.3) is 11.3 Å². The molecule has 2 atom stereocenters. The number of fused-ring (bicyclic) bond motifs is 3. The van der Waals surface area contributed by atoms with Gasteiger partial charge in [-0.2, -0.15) is 0 Å². The zero-order valence-corrected chi connectivity index (χ0v) is 13.6. The maximum atomic E-state index is 4.77. The smallest absolute Gasteiger partial charge is 0.113 e. The minimum atomic E-state index is 0.588. The number of hydrogen-bond donors (Lipinski definition) is 0. The van der Waals surface area contributed by atoms with E-state index in [9.17, 15) is 0 Å². The van der Waals surface area contributed by atoms with Crippen LogP contribution < -0.4 is 0 Å². The Morgan fingerprint density at radius 2 is 2.04 bits per heavy atom. The second-order valence-corrected chi connectivity index (χ2v) is 7.52.